The average Bonchev–Trinajstić information content (AvgIpc) is 2.82. The molecule has 0 N–H and O–H groups in total. The smallest absolute Gasteiger partial charge is 0.234 e. The number of hydrogen-bond acceptors (Lipinski definition) is 0. The van der Waals surface area contributed by atoms with Crippen LogP contribution in [0.15, 0.2) is 12.4 Å². The van der Waals surface area contributed by atoms with E-state index in [-0.39, 0.29) is 0 Å². The van der Waals surface area contributed by atoms with E-state index in [1.807, 2.05) is 0 Å². The lowest BCUT2D eigenvalue weighted by atomic mass is 10.1. The number of hydrogen-bond donors (Lipinski definition) is 0. The van der Waals surface area contributed by atoms with Gasteiger partial charge in [-0.05, 0) is 19.3 Å². The summed E-state index contributed by atoms with van der Waals surface area (Å²) in [5, 5.41) is 0. The Morgan fingerprint density at radius 3 is 2.26 bits per heavy atom. The Labute approximate surface area is 119 Å². The predicted octanol–water partition coefficient (Wildman–Crippen LogP) is 4.50. The maximum Gasteiger partial charge on any atom is 0.256 e. The fourth-order valence-corrected chi connectivity index (χ4v) is 2.70. The largest absolute Gasteiger partial charge is 0.256 e. The number of rotatable bonds is 11. The average molecular weight is 265 g/mol. The summed E-state index contributed by atoms with van der Waals surface area (Å²) in [6.45, 7) is 9.20. The van der Waals surface area contributed by atoms with Crippen LogP contribution in [-0.4, -0.2) is 4.57 Å². The Kier molecular flexibility index (Phi) is 8.61. The van der Waals surface area contributed by atoms with E-state index >= 15 is 0 Å². The van der Waals surface area contributed by atoms with Gasteiger partial charge in [0.15, 0.2) is 0 Å². The second kappa shape index (κ2) is 10.1. The summed E-state index contributed by atoms with van der Waals surface area (Å²) >= 11 is 0. The lowest BCUT2D eigenvalue weighted by Crippen LogP contribution is -2.37. The van der Waals surface area contributed by atoms with Gasteiger partial charge in [-0.3, -0.25) is 0 Å². The Morgan fingerprint density at radius 2 is 1.58 bits per heavy atom. The molecule has 19 heavy (non-hydrogen) atoms. The number of imidazole rings is 1. The molecule has 0 radical (unpaired) electrons. The van der Waals surface area contributed by atoms with Crippen LogP contribution in [0.25, 0.3) is 0 Å². The molecular weight excluding hydrogens is 232 g/mol. The zero-order valence-corrected chi connectivity index (χ0v) is 13.3. The van der Waals surface area contributed by atoms with Gasteiger partial charge in [-0.25, -0.2) is 9.13 Å². The summed E-state index contributed by atoms with van der Waals surface area (Å²) < 4.78 is 4.91. The minimum Gasteiger partial charge on any atom is -0.234 e. The van der Waals surface area contributed by atoms with Crippen molar-refractivity contribution in [2.45, 2.75) is 91.6 Å². The van der Waals surface area contributed by atoms with Crippen molar-refractivity contribution < 1.29 is 4.57 Å². The van der Waals surface area contributed by atoms with Crippen LogP contribution in [0.4, 0.5) is 0 Å². The zero-order chi connectivity index (χ0) is 13.9. The Balaban J connectivity index is 2.34. The molecule has 1 aromatic heterocycles. The van der Waals surface area contributed by atoms with Gasteiger partial charge in [0, 0.05) is 6.42 Å². The molecule has 1 heterocycles. The monoisotopic (exact) mass is 265 g/mol. The van der Waals surface area contributed by atoms with Crippen LogP contribution in [0.2, 0.25) is 0 Å². The number of aryl methyl sites for hydroxylation is 2. The second-order valence-electron chi connectivity index (χ2n) is 5.58. The van der Waals surface area contributed by atoms with E-state index in [0.29, 0.717) is 0 Å². The van der Waals surface area contributed by atoms with Crippen molar-refractivity contribution in [3.05, 3.63) is 18.2 Å². The molecule has 0 amide bonds. The van der Waals surface area contributed by atoms with Gasteiger partial charge in [0.1, 0.15) is 12.4 Å². The molecule has 1 rings (SSSR count). The van der Waals surface area contributed by atoms with Gasteiger partial charge in [0.2, 0.25) is 0 Å². The van der Waals surface area contributed by atoms with Crippen molar-refractivity contribution >= 4 is 0 Å². The maximum absolute atomic E-state index is 2.47. The molecule has 2 heteroatoms. The molecule has 0 saturated carbocycles. The molecule has 0 aliphatic carbocycles. The predicted molar refractivity (Wildman–Crippen MR) is 82.3 cm³/mol. The highest BCUT2D eigenvalue weighted by molar-refractivity contribution is 4.82. The van der Waals surface area contributed by atoms with E-state index in [1.54, 1.807) is 0 Å². The van der Waals surface area contributed by atoms with Gasteiger partial charge in [0.25, 0.3) is 5.82 Å². The van der Waals surface area contributed by atoms with E-state index in [9.17, 15) is 0 Å². The molecule has 2 nitrogen and oxygen atoms in total. The van der Waals surface area contributed by atoms with E-state index in [4.69, 9.17) is 0 Å². The summed E-state index contributed by atoms with van der Waals surface area (Å²) in [4.78, 5) is 0. The molecule has 0 spiro atoms. The highest BCUT2D eigenvalue weighted by Crippen LogP contribution is 2.07. The van der Waals surface area contributed by atoms with Crippen LogP contribution in [0.5, 0.6) is 0 Å². The first-order valence-corrected chi connectivity index (χ1v) is 8.40. The molecule has 0 saturated heterocycles. The fraction of sp³-hybridized carbons (Fsp3) is 0.824. The van der Waals surface area contributed by atoms with Gasteiger partial charge in [-0.1, -0.05) is 52.9 Å². The van der Waals surface area contributed by atoms with Crippen molar-refractivity contribution in [1.82, 2.24) is 4.57 Å². The molecule has 1 aromatic rings. The minimum atomic E-state index is 1.15. The van der Waals surface area contributed by atoms with E-state index in [1.165, 1.54) is 70.3 Å². The first-order chi connectivity index (χ1) is 9.33. The van der Waals surface area contributed by atoms with Crippen molar-refractivity contribution in [1.29, 1.82) is 0 Å². The van der Waals surface area contributed by atoms with Crippen LogP contribution in [0.1, 0.15) is 78.0 Å². The van der Waals surface area contributed by atoms with Crippen LogP contribution in [-0.2, 0) is 19.5 Å². The fourth-order valence-electron chi connectivity index (χ4n) is 2.70. The summed E-state index contributed by atoms with van der Waals surface area (Å²) in [7, 11) is 0. The van der Waals surface area contributed by atoms with E-state index < -0.39 is 0 Å². The zero-order valence-electron chi connectivity index (χ0n) is 13.3. The molecule has 0 fully saturated rings. The Bertz CT molecular complexity index is 328. The SMILES string of the molecule is CCCCCCCCn1cc[n+](CCCC)c1CC. The standard InChI is InChI=1S/C17H33N2/c1-4-7-9-10-11-12-14-19-16-15-18(13-8-5-2)17(19)6-3/h15-16H,4-14H2,1-3H3/q+1. The van der Waals surface area contributed by atoms with Gasteiger partial charge in [0.05, 0.1) is 13.1 Å². The molecule has 0 aromatic carbocycles. The van der Waals surface area contributed by atoms with Crippen LogP contribution in [0.3, 0.4) is 0 Å². The normalized spacial score (nSPS) is 11.1. The molecule has 0 bridgehead atoms. The summed E-state index contributed by atoms with van der Waals surface area (Å²) in [5.74, 6) is 1.50. The second-order valence-corrected chi connectivity index (χ2v) is 5.58. The van der Waals surface area contributed by atoms with Gasteiger partial charge in [-0.2, -0.15) is 0 Å². The molecule has 0 unspecified atom stereocenters. The topological polar surface area (TPSA) is 8.81 Å². The van der Waals surface area contributed by atoms with E-state index in [0.717, 1.165) is 6.42 Å². The third-order valence-electron chi connectivity index (χ3n) is 3.91. The Hall–Kier alpha value is -0.790. The number of nitrogens with zero attached hydrogens (tertiary/aromatic N) is 2. The molecule has 110 valence electrons. The van der Waals surface area contributed by atoms with Gasteiger partial charge < -0.3 is 0 Å². The third-order valence-corrected chi connectivity index (χ3v) is 3.91. The highest BCUT2D eigenvalue weighted by Gasteiger charge is 2.13. The lowest BCUT2D eigenvalue weighted by Gasteiger charge is -2.03. The first-order valence-electron chi connectivity index (χ1n) is 8.40. The van der Waals surface area contributed by atoms with Gasteiger partial charge >= 0.3 is 0 Å². The van der Waals surface area contributed by atoms with Crippen molar-refractivity contribution in [3.8, 4) is 0 Å². The van der Waals surface area contributed by atoms with Gasteiger partial charge in [-0.15, -0.1) is 0 Å². The van der Waals surface area contributed by atoms with Crippen LogP contribution >= 0.6 is 0 Å². The molecular formula is C17H33N2+. The quantitative estimate of drug-likeness (QED) is 0.411. The Morgan fingerprint density at radius 1 is 0.895 bits per heavy atom. The van der Waals surface area contributed by atoms with E-state index in [2.05, 4.69) is 42.3 Å². The van der Waals surface area contributed by atoms with Crippen molar-refractivity contribution in [2.24, 2.45) is 0 Å². The number of unbranched alkanes of at least 4 members (excludes halogenated alkanes) is 6. The lowest BCUT2D eigenvalue weighted by molar-refractivity contribution is -0.704. The minimum absolute atomic E-state index is 1.15. The summed E-state index contributed by atoms with van der Waals surface area (Å²) in [6.07, 6.45) is 16.5. The molecule has 0 aliphatic rings. The van der Waals surface area contributed by atoms with Crippen molar-refractivity contribution in [2.75, 3.05) is 0 Å². The van der Waals surface area contributed by atoms with Crippen LogP contribution in [0, 0.1) is 0 Å². The summed E-state index contributed by atoms with van der Waals surface area (Å²) in [5.41, 5.74) is 0. The van der Waals surface area contributed by atoms with Crippen molar-refractivity contribution in [3.63, 3.8) is 0 Å². The molecule has 0 aliphatic heterocycles. The first kappa shape index (κ1) is 16.3. The van der Waals surface area contributed by atoms with Crippen LogP contribution < -0.4 is 4.57 Å². The summed E-state index contributed by atoms with van der Waals surface area (Å²) in [6, 6.07) is 0. The highest BCUT2D eigenvalue weighted by atomic mass is 15.1. The third kappa shape index (κ3) is 5.80. The molecule has 0 atom stereocenters. The maximum atomic E-state index is 2.47. The number of aromatic nitrogens is 2.